The van der Waals surface area contributed by atoms with Gasteiger partial charge in [-0.05, 0) is 38.3 Å². The maximum absolute atomic E-state index is 11.8. The first-order chi connectivity index (χ1) is 7.06. The van der Waals surface area contributed by atoms with Crippen molar-refractivity contribution in [2.24, 2.45) is 11.3 Å². The summed E-state index contributed by atoms with van der Waals surface area (Å²) in [5.74, 6) is 0.811. The fourth-order valence-corrected chi connectivity index (χ4v) is 1.74. The molecular formula is C12H24N2O. The smallest absolute Gasteiger partial charge is 0.225 e. The monoisotopic (exact) mass is 212 g/mol. The van der Waals surface area contributed by atoms with Gasteiger partial charge in [-0.25, -0.2) is 0 Å². The van der Waals surface area contributed by atoms with E-state index in [1.54, 1.807) is 0 Å². The Bertz CT molecular complexity index is 208. The van der Waals surface area contributed by atoms with E-state index >= 15 is 0 Å². The summed E-state index contributed by atoms with van der Waals surface area (Å²) < 4.78 is 0. The fourth-order valence-electron chi connectivity index (χ4n) is 1.74. The number of piperidine rings is 1. The average molecular weight is 212 g/mol. The highest BCUT2D eigenvalue weighted by Gasteiger charge is 2.25. The first-order valence-electron chi connectivity index (χ1n) is 6.05. The van der Waals surface area contributed by atoms with Crippen molar-refractivity contribution < 1.29 is 4.79 Å². The van der Waals surface area contributed by atoms with E-state index in [4.69, 9.17) is 0 Å². The van der Waals surface area contributed by atoms with E-state index in [1.807, 2.05) is 13.8 Å². The van der Waals surface area contributed by atoms with E-state index in [2.05, 4.69) is 17.6 Å². The molecule has 1 heterocycles. The highest BCUT2D eigenvalue weighted by Crippen LogP contribution is 2.19. The zero-order valence-electron chi connectivity index (χ0n) is 10.2. The highest BCUT2D eigenvalue weighted by molar-refractivity contribution is 5.81. The molecular weight excluding hydrogens is 188 g/mol. The molecule has 15 heavy (non-hydrogen) atoms. The molecule has 0 aromatic rings. The lowest BCUT2D eigenvalue weighted by Crippen LogP contribution is -2.42. The molecule has 0 aromatic heterocycles. The van der Waals surface area contributed by atoms with Crippen molar-refractivity contribution in [1.82, 2.24) is 10.6 Å². The molecule has 1 aliphatic heterocycles. The van der Waals surface area contributed by atoms with Gasteiger partial charge in [0.25, 0.3) is 0 Å². The van der Waals surface area contributed by atoms with E-state index in [-0.39, 0.29) is 11.3 Å². The van der Waals surface area contributed by atoms with Crippen molar-refractivity contribution in [2.45, 2.75) is 40.0 Å². The molecule has 3 nitrogen and oxygen atoms in total. The van der Waals surface area contributed by atoms with Crippen molar-refractivity contribution in [1.29, 1.82) is 0 Å². The predicted molar refractivity (Wildman–Crippen MR) is 62.7 cm³/mol. The third-order valence-corrected chi connectivity index (χ3v) is 3.45. The standard InChI is InChI=1S/C12H24N2O/c1-4-12(2,3)11(15)14-9-10-6-5-7-13-8-10/h10,13H,4-9H2,1-3H3,(H,14,15). The lowest BCUT2D eigenvalue weighted by Gasteiger charge is -2.26. The molecule has 1 atom stereocenters. The Hall–Kier alpha value is -0.570. The van der Waals surface area contributed by atoms with Crippen LogP contribution in [-0.2, 0) is 4.79 Å². The molecule has 1 fully saturated rings. The highest BCUT2D eigenvalue weighted by atomic mass is 16.2. The zero-order valence-corrected chi connectivity index (χ0v) is 10.2. The van der Waals surface area contributed by atoms with Crippen molar-refractivity contribution in [3.63, 3.8) is 0 Å². The molecule has 1 rings (SSSR count). The molecule has 0 spiro atoms. The van der Waals surface area contributed by atoms with Gasteiger partial charge in [0.15, 0.2) is 0 Å². The molecule has 0 aliphatic carbocycles. The van der Waals surface area contributed by atoms with Gasteiger partial charge in [0.1, 0.15) is 0 Å². The SMILES string of the molecule is CCC(C)(C)C(=O)NCC1CCCNC1. The molecule has 0 bridgehead atoms. The van der Waals surface area contributed by atoms with Gasteiger partial charge in [0, 0.05) is 12.0 Å². The molecule has 3 heteroatoms. The fraction of sp³-hybridized carbons (Fsp3) is 0.917. The molecule has 0 aromatic carbocycles. The van der Waals surface area contributed by atoms with Crippen LogP contribution in [0.5, 0.6) is 0 Å². The van der Waals surface area contributed by atoms with Crippen LogP contribution in [-0.4, -0.2) is 25.5 Å². The number of hydrogen-bond donors (Lipinski definition) is 2. The van der Waals surface area contributed by atoms with Gasteiger partial charge in [-0.15, -0.1) is 0 Å². The summed E-state index contributed by atoms with van der Waals surface area (Å²) in [6, 6.07) is 0. The number of nitrogens with one attached hydrogen (secondary N) is 2. The lowest BCUT2D eigenvalue weighted by atomic mass is 9.89. The maximum atomic E-state index is 11.8. The van der Waals surface area contributed by atoms with Crippen molar-refractivity contribution in [3.05, 3.63) is 0 Å². The summed E-state index contributed by atoms with van der Waals surface area (Å²) in [5, 5.41) is 6.42. The molecule has 1 aliphatic rings. The summed E-state index contributed by atoms with van der Waals surface area (Å²) in [7, 11) is 0. The third kappa shape index (κ3) is 3.82. The second-order valence-electron chi connectivity index (χ2n) is 5.16. The summed E-state index contributed by atoms with van der Waals surface area (Å²) in [6.45, 7) is 9.07. The quantitative estimate of drug-likeness (QED) is 0.742. The van der Waals surface area contributed by atoms with Crippen LogP contribution >= 0.6 is 0 Å². The Morgan fingerprint density at radius 3 is 2.80 bits per heavy atom. The van der Waals surface area contributed by atoms with E-state index < -0.39 is 0 Å². The van der Waals surface area contributed by atoms with Gasteiger partial charge in [-0.3, -0.25) is 4.79 Å². The maximum Gasteiger partial charge on any atom is 0.225 e. The minimum atomic E-state index is -0.220. The number of hydrogen-bond acceptors (Lipinski definition) is 2. The third-order valence-electron chi connectivity index (χ3n) is 3.45. The van der Waals surface area contributed by atoms with E-state index in [9.17, 15) is 4.79 Å². The average Bonchev–Trinajstić information content (AvgIpc) is 2.27. The first-order valence-corrected chi connectivity index (χ1v) is 6.05. The van der Waals surface area contributed by atoms with Gasteiger partial charge in [-0.2, -0.15) is 0 Å². The molecule has 0 saturated carbocycles. The number of carbonyl (C=O) groups excluding carboxylic acids is 1. The summed E-state index contributed by atoms with van der Waals surface area (Å²) in [4.78, 5) is 11.8. The number of rotatable bonds is 4. The van der Waals surface area contributed by atoms with Gasteiger partial charge in [0.05, 0.1) is 0 Å². The van der Waals surface area contributed by atoms with Crippen LogP contribution in [0.25, 0.3) is 0 Å². The van der Waals surface area contributed by atoms with Gasteiger partial charge in [-0.1, -0.05) is 20.8 Å². The van der Waals surface area contributed by atoms with Crippen LogP contribution in [0.4, 0.5) is 0 Å². The van der Waals surface area contributed by atoms with E-state index in [0.717, 1.165) is 26.1 Å². The second-order valence-corrected chi connectivity index (χ2v) is 5.16. The van der Waals surface area contributed by atoms with Crippen LogP contribution in [0.1, 0.15) is 40.0 Å². The Labute approximate surface area is 93.0 Å². The Balaban J connectivity index is 2.26. The van der Waals surface area contributed by atoms with Crippen LogP contribution in [0.3, 0.4) is 0 Å². The van der Waals surface area contributed by atoms with Gasteiger partial charge >= 0.3 is 0 Å². The van der Waals surface area contributed by atoms with Crippen molar-refractivity contribution >= 4 is 5.91 Å². The molecule has 88 valence electrons. The minimum Gasteiger partial charge on any atom is -0.355 e. The summed E-state index contributed by atoms with van der Waals surface area (Å²) in [6.07, 6.45) is 3.36. The molecule has 2 N–H and O–H groups in total. The molecule has 0 radical (unpaired) electrons. The van der Waals surface area contributed by atoms with Crippen molar-refractivity contribution in [2.75, 3.05) is 19.6 Å². The second kappa shape index (κ2) is 5.50. The Morgan fingerprint density at radius 1 is 1.53 bits per heavy atom. The first kappa shape index (κ1) is 12.5. The van der Waals surface area contributed by atoms with Gasteiger partial charge in [0.2, 0.25) is 5.91 Å². The topological polar surface area (TPSA) is 41.1 Å². The molecule has 1 amide bonds. The zero-order chi connectivity index (χ0) is 11.3. The van der Waals surface area contributed by atoms with Crippen molar-refractivity contribution in [3.8, 4) is 0 Å². The van der Waals surface area contributed by atoms with Crippen LogP contribution in [0, 0.1) is 11.3 Å². The molecule has 1 unspecified atom stereocenters. The predicted octanol–water partition coefficient (Wildman–Crippen LogP) is 1.54. The van der Waals surface area contributed by atoms with E-state index in [1.165, 1.54) is 12.8 Å². The number of amides is 1. The van der Waals surface area contributed by atoms with E-state index in [0.29, 0.717) is 5.92 Å². The summed E-state index contributed by atoms with van der Waals surface area (Å²) >= 11 is 0. The largest absolute Gasteiger partial charge is 0.355 e. The normalized spacial score (nSPS) is 22.5. The Kier molecular flexibility index (Phi) is 4.58. The van der Waals surface area contributed by atoms with Crippen LogP contribution < -0.4 is 10.6 Å². The summed E-state index contributed by atoms with van der Waals surface area (Å²) in [5.41, 5.74) is -0.220. The van der Waals surface area contributed by atoms with Crippen LogP contribution in [0.2, 0.25) is 0 Å². The Morgan fingerprint density at radius 2 is 2.27 bits per heavy atom. The molecule has 1 saturated heterocycles. The lowest BCUT2D eigenvalue weighted by molar-refractivity contribution is -0.129. The van der Waals surface area contributed by atoms with Crippen LogP contribution in [0.15, 0.2) is 0 Å². The number of carbonyl (C=O) groups is 1. The minimum absolute atomic E-state index is 0.190. The van der Waals surface area contributed by atoms with Gasteiger partial charge < -0.3 is 10.6 Å².